The van der Waals surface area contributed by atoms with Gasteiger partial charge in [0.25, 0.3) is 0 Å². The molecule has 0 fully saturated rings. The van der Waals surface area contributed by atoms with Crippen LogP contribution in [0.2, 0.25) is 5.02 Å². The van der Waals surface area contributed by atoms with Crippen molar-refractivity contribution in [1.29, 1.82) is 5.41 Å². The second-order valence-electron chi connectivity index (χ2n) is 2.70. The Labute approximate surface area is 92.7 Å². The number of halogens is 1. The Morgan fingerprint density at radius 3 is 2.80 bits per heavy atom. The van der Waals surface area contributed by atoms with E-state index in [1.807, 2.05) is 0 Å². The highest BCUT2D eigenvalue weighted by molar-refractivity contribution is 6.34. The number of amides is 1. The monoisotopic (exact) mass is 226 g/mol. The minimum Gasteiger partial charge on any atom is -0.450 e. The number of hydrogen-bond donors (Lipinski definition) is 2. The van der Waals surface area contributed by atoms with Crippen LogP contribution in [0.25, 0.3) is 0 Å². The molecule has 2 N–H and O–H groups in total. The lowest BCUT2D eigenvalue weighted by Gasteiger charge is -2.07. The Morgan fingerprint density at radius 1 is 1.53 bits per heavy atom. The molecule has 0 saturated heterocycles. The van der Waals surface area contributed by atoms with Gasteiger partial charge in [-0.3, -0.25) is 10.7 Å². The summed E-state index contributed by atoms with van der Waals surface area (Å²) in [5.74, 6) is -0.0703. The predicted molar refractivity (Wildman–Crippen MR) is 58.4 cm³/mol. The number of carbonyl (C=O) groups is 1. The minimum atomic E-state index is -0.651. The fraction of sp³-hybridized carbons (Fsp3) is 0.200. The molecule has 1 aromatic rings. The molecular formula is C10H11ClN2O2. The van der Waals surface area contributed by atoms with Gasteiger partial charge in [-0.1, -0.05) is 23.7 Å². The number of rotatable bonds is 2. The van der Waals surface area contributed by atoms with E-state index in [0.717, 1.165) is 0 Å². The van der Waals surface area contributed by atoms with Crippen LogP contribution in [0.4, 0.5) is 4.79 Å². The van der Waals surface area contributed by atoms with Crippen molar-refractivity contribution in [2.24, 2.45) is 0 Å². The fourth-order valence-electron chi connectivity index (χ4n) is 1.00. The Hall–Kier alpha value is -1.55. The molecule has 4 nitrogen and oxygen atoms in total. The number of alkyl carbamates (subject to hydrolysis) is 1. The lowest BCUT2D eigenvalue weighted by molar-refractivity contribution is 0.158. The van der Waals surface area contributed by atoms with Gasteiger partial charge in [-0.25, -0.2) is 4.79 Å². The zero-order valence-electron chi connectivity index (χ0n) is 8.21. The Balaban J connectivity index is 2.70. The average molecular weight is 227 g/mol. The summed E-state index contributed by atoms with van der Waals surface area (Å²) in [4.78, 5) is 11.0. The molecule has 0 spiro atoms. The zero-order chi connectivity index (χ0) is 11.3. The molecule has 0 aromatic heterocycles. The van der Waals surface area contributed by atoms with Gasteiger partial charge >= 0.3 is 6.09 Å². The highest BCUT2D eigenvalue weighted by Crippen LogP contribution is 2.14. The molecule has 0 heterocycles. The number of amidine groups is 1. The van der Waals surface area contributed by atoms with Gasteiger partial charge in [0.1, 0.15) is 5.84 Å². The standard InChI is InChI=1S/C10H11ClN2O2/c1-2-15-10(14)13-9(12)7-5-3-4-6-8(7)11/h3-6H,2H2,1H3,(H2,12,13,14). The lowest BCUT2D eigenvalue weighted by atomic mass is 10.2. The molecule has 0 aliphatic heterocycles. The van der Waals surface area contributed by atoms with Crippen molar-refractivity contribution < 1.29 is 9.53 Å². The van der Waals surface area contributed by atoms with Crippen LogP contribution < -0.4 is 5.32 Å². The molecule has 0 aliphatic rings. The predicted octanol–water partition coefficient (Wildman–Crippen LogP) is 2.41. The smallest absolute Gasteiger partial charge is 0.412 e. The molecular weight excluding hydrogens is 216 g/mol. The number of carbonyl (C=O) groups excluding carboxylic acids is 1. The SMILES string of the molecule is CCOC(=O)NC(=N)c1ccccc1Cl. The summed E-state index contributed by atoms with van der Waals surface area (Å²) in [5.41, 5.74) is 0.465. The first-order valence-electron chi connectivity index (χ1n) is 4.42. The first-order valence-corrected chi connectivity index (χ1v) is 4.80. The van der Waals surface area contributed by atoms with Crippen LogP contribution in [-0.2, 0) is 4.74 Å². The molecule has 0 radical (unpaired) electrons. The largest absolute Gasteiger partial charge is 0.450 e. The second-order valence-corrected chi connectivity index (χ2v) is 3.11. The van der Waals surface area contributed by atoms with Crippen molar-refractivity contribution in [1.82, 2.24) is 5.32 Å². The summed E-state index contributed by atoms with van der Waals surface area (Å²) < 4.78 is 4.64. The molecule has 1 amide bonds. The van der Waals surface area contributed by atoms with Gasteiger partial charge in [0, 0.05) is 5.56 Å². The first-order chi connectivity index (χ1) is 7.15. The molecule has 1 rings (SSSR count). The van der Waals surface area contributed by atoms with Crippen LogP contribution in [0.1, 0.15) is 12.5 Å². The number of hydrogen-bond acceptors (Lipinski definition) is 3. The third-order valence-electron chi connectivity index (χ3n) is 1.65. The molecule has 0 atom stereocenters. The maximum absolute atomic E-state index is 11.0. The summed E-state index contributed by atoms with van der Waals surface area (Å²) in [6, 6.07) is 6.79. The van der Waals surface area contributed by atoms with E-state index in [4.69, 9.17) is 17.0 Å². The van der Waals surface area contributed by atoms with Gasteiger partial charge in [0.15, 0.2) is 0 Å². The number of ether oxygens (including phenoxy) is 1. The average Bonchev–Trinajstić information content (AvgIpc) is 2.18. The van der Waals surface area contributed by atoms with Crippen LogP contribution >= 0.6 is 11.6 Å². The summed E-state index contributed by atoms with van der Waals surface area (Å²) in [6.07, 6.45) is -0.651. The molecule has 0 bridgehead atoms. The van der Waals surface area contributed by atoms with Gasteiger partial charge in [0.2, 0.25) is 0 Å². The van der Waals surface area contributed by atoms with Gasteiger partial charge in [-0.2, -0.15) is 0 Å². The van der Waals surface area contributed by atoms with E-state index >= 15 is 0 Å². The summed E-state index contributed by atoms with van der Waals surface area (Å²) >= 11 is 5.85. The van der Waals surface area contributed by atoms with Crippen LogP contribution in [0, 0.1) is 5.41 Å². The molecule has 0 saturated carbocycles. The van der Waals surface area contributed by atoms with E-state index in [1.165, 1.54) is 0 Å². The molecule has 0 aliphatic carbocycles. The summed E-state index contributed by atoms with van der Waals surface area (Å²) in [6.45, 7) is 1.96. The van der Waals surface area contributed by atoms with Crippen molar-refractivity contribution in [3.63, 3.8) is 0 Å². The van der Waals surface area contributed by atoms with Crippen molar-refractivity contribution in [3.8, 4) is 0 Å². The number of nitrogens with one attached hydrogen (secondary N) is 2. The van der Waals surface area contributed by atoms with E-state index in [2.05, 4.69) is 10.1 Å². The number of benzene rings is 1. The molecule has 15 heavy (non-hydrogen) atoms. The van der Waals surface area contributed by atoms with E-state index in [1.54, 1.807) is 31.2 Å². The first kappa shape index (κ1) is 11.5. The summed E-state index contributed by atoms with van der Waals surface area (Å²) in [7, 11) is 0. The van der Waals surface area contributed by atoms with Gasteiger partial charge in [-0.05, 0) is 19.1 Å². The van der Waals surface area contributed by atoms with Crippen molar-refractivity contribution in [3.05, 3.63) is 34.9 Å². The van der Waals surface area contributed by atoms with Crippen LogP contribution in [-0.4, -0.2) is 18.5 Å². The van der Waals surface area contributed by atoms with Gasteiger partial charge in [0.05, 0.1) is 11.6 Å². The molecule has 0 unspecified atom stereocenters. The highest BCUT2D eigenvalue weighted by Gasteiger charge is 2.09. The van der Waals surface area contributed by atoms with Crippen molar-refractivity contribution in [2.45, 2.75) is 6.92 Å². The van der Waals surface area contributed by atoms with E-state index in [9.17, 15) is 4.79 Å². The maximum atomic E-state index is 11.0. The third kappa shape index (κ3) is 3.25. The maximum Gasteiger partial charge on any atom is 0.412 e. The highest BCUT2D eigenvalue weighted by atomic mass is 35.5. The van der Waals surface area contributed by atoms with E-state index in [0.29, 0.717) is 10.6 Å². The van der Waals surface area contributed by atoms with Crippen molar-refractivity contribution >= 4 is 23.5 Å². The topological polar surface area (TPSA) is 62.2 Å². The zero-order valence-corrected chi connectivity index (χ0v) is 8.97. The van der Waals surface area contributed by atoms with E-state index < -0.39 is 6.09 Å². The van der Waals surface area contributed by atoms with Gasteiger partial charge in [-0.15, -0.1) is 0 Å². The van der Waals surface area contributed by atoms with Crippen LogP contribution in [0.5, 0.6) is 0 Å². The second kappa shape index (κ2) is 5.36. The molecule has 5 heteroatoms. The van der Waals surface area contributed by atoms with Crippen molar-refractivity contribution in [2.75, 3.05) is 6.61 Å². The van der Waals surface area contributed by atoms with Crippen LogP contribution in [0.3, 0.4) is 0 Å². The van der Waals surface area contributed by atoms with Gasteiger partial charge < -0.3 is 4.74 Å². The minimum absolute atomic E-state index is 0.0703. The fourth-order valence-corrected chi connectivity index (χ4v) is 1.23. The quantitative estimate of drug-likeness (QED) is 0.601. The normalized spacial score (nSPS) is 9.47. The Kier molecular flexibility index (Phi) is 4.12. The summed E-state index contributed by atoms with van der Waals surface area (Å²) in [5, 5.41) is 10.3. The third-order valence-corrected chi connectivity index (χ3v) is 1.98. The van der Waals surface area contributed by atoms with Crippen LogP contribution in [0.15, 0.2) is 24.3 Å². The van der Waals surface area contributed by atoms with E-state index in [-0.39, 0.29) is 12.4 Å². The Bertz CT molecular complexity index is 379. The lowest BCUT2D eigenvalue weighted by Crippen LogP contribution is -2.31. The molecule has 80 valence electrons. The Morgan fingerprint density at radius 2 is 2.20 bits per heavy atom. The molecule has 1 aromatic carbocycles.